The van der Waals surface area contributed by atoms with Gasteiger partial charge in [0.05, 0.1) is 17.7 Å². The van der Waals surface area contributed by atoms with Crippen molar-refractivity contribution in [2.75, 3.05) is 19.0 Å². The Morgan fingerprint density at radius 2 is 2.05 bits per heavy atom. The topological polar surface area (TPSA) is 111 Å². The molecule has 1 aromatic carbocycles. The second kappa shape index (κ2) is 6.34. The van der Waals surface area contributed by atoms with Crippen LogP contribution in [-0.4, -0.2) is 30.4 Å². The molecule has 0 aliphatic rings. The highest BCUT2D eigenvalue weighted by atomic mass is 16.6. The molecule has 0 saturated carbocycles. The van der Waals surface area contributed by atoms with Gasteiger partial charge in [0.15, 0.2) is 0 Å². The lowest BCUT2D eigenvalue weighted by Gasteiger charge is -2.09. The van der Waals surface area contributed by atoms with Crippen LogP contribution < -0.4 is 15.4 Å². The molecule has 0 aliphatic heterocycles. The zero-order valence-corrected chi connectivity index (χ0v) is 10.4. The Labute approximate surface area is 108 Å². The molecule has 0 atom stereocenters. The summed E-state index contributed by atoms with van der Waals surface area (Å²) in [7, 11) is 1.35. The van der Waals surface area contributed by atoms with Crippen molar-refractivity contribution in [1.82, 2.24) is 5.32 Å². The Kier molecular flexibility index (Phi) is 4.81. The SMILES string of the molecule is CCNC(=O)C(=O)Nc1cc([N+](=O)[O-])ccc1OC. The molecule has 2 amide bonds. The lowest BCUT2D eigenvalue weighted by Crippen LogP contribution is -2.35. The number of ether oxygens (including phenoxy) is 1. The lowest BCUT2D eigenvalue weighted by molar-refractivity contribution is -0.384. The summed E-state index contributed by atoms with van der Waals surface area (Å²) >= 11 is 0. The number of nitro groups is 1. The van der Waals surface area contributed by atoms with Crippen LogP contribution in [-0.2, 0) is 9.59 Å². The van der Waals surface area contributed by atoms with Crippen LogP contribution in [0, 0.1) is 10.1 Å². The number of benzene rings is 1. The lowest BCUT2D eigenvalue weighted by atomic mass is 10.2. The number of anilines is 1. The third-order valence-electron chi connectivity index (χ3n) is 2.19. The fraction of sp³-hybridized carbons (Fsp3) is 0.273. The van der Waals surface area contributed by atoms with E-state index in [1.807, 2.05) is 0 Å². The van der Waals surface area contributed by atoms with Gasteiger partial charge in [0.25, 0.3) is 5.69 Å². The summed E-state index contributed by atoms with van der Waals surface area (Å²) in [6, 6.07) is 3.70. The summed E-state index contributed by atoms with van der Waals surface area (Å²) in [6.07, 6.45) is 0. The molecule has 0 radical (unpaired) electrons. The molecule has 0 heterocycles. The molecule has 1 aromatic rings. The standard InChI is InChI=1S/C11H13N3O5/c1-3-12-10(15)11(16)13-8-6-7(14(17)18)4-5-9(8)19-2/h4-6H,3H2,1-2H3,(H,12,15)(H,13,16). The largest absolute Gasteiger partial charge is 0.495 e. The summed E-state index contributed by atoms with van der Waals surface area (Å²) < 4.78 is 4.95. The number of nitrogens with zero attached hydrogens (tertiary/aromatic N) is 1. The van der Waals surface area contributed by atoms with Gasteiger partial charge in [0, 0.05) is 18.7 Å². The molecular weight excluding hydrogens is 254 g/mol. The van der Waals surface area contributed by atoms with Gasteiger partial charge < -0.3 is 15.4 Å². The van der Waals surface area contributed by atoms with E-state index in [2.05, 4.69) is 10.6 Å². The number of carbonyl (C=O) groups is 2. The third-order valence-corrected chi connectivity index (χ3v) is 2.19. The van der Waals surface area contributed by atoms with Crippen LogP contribution >= 0.6 is 0 Å². The van der Waals surface area contributed by atoms with Crippen molar-refractivity contribution in [3.05, 3.63) is 28.3 Å². The van der Waals surface area contributed by atoms with Crippen LogP contribution in [0.25, 0.3) is 0 Å². The minimum atomic E-state index is -0.916. The normalized spacial score (nSPS) is 9.58. The van der Waals surface area contributed by atoms with E-state index in [-0.39, 0.29) is 17.1 Å². The van der Waals surface area contributed by atoms with Gasteiger partial charge in [-0.2, -0.15) is 0 Å². The summed E-state index contributed by atoms with van der Waals surface area (Å²) in [5, 5.41) is 15.2. The first kappa shape index (κ1) is 14.4. The molecule has 0 spiro atoms. The maximum absolute atomic E-state index is 11.5. The maximum atomic E-state index is 11.5. The fourth-order valence-corrected chi connectivity index (χ4v) is 1.33. The van der Waals surface area contributed by atoms with E-state index in [9.17, 15) is 19.7 Å². The predicted octanol–water partition coefficient (Wildman–Crippen LogP) is 0.678. The van der Waals surface area contributed by atoms with Crippen LogP contribution in [0.4, 0.5) is 11.4 Å². The number of likely N-dealkylation sites (N-methyl/N-ethyl adjacent to an activating group) is 1. The molecule has 8 nitrogen and oxygen atoms in total. The number of nitrogens with one attached hydrogen (secondary N) is 2. The van der Waals surface area contributed by atoms with Crippen molar-refractivity contribution in [2.45, 2.75) is 6.92 Å². The quantitative estimate of drug-likeness (QED) is 0.473. The number of rotatable bonds is 4. The van der Waals surface area contributed by atoms with Gasteiger partial charge in [-0.15, -0.1) is 0 Å². The minimum absolute atomic E-state index is 0.0629. The van der Waals surface area contributed by atoms with E-state index >= 15 is 0 Å². The van der Waals surface area contributed by atoms with Gasteiger partial charge in [0.2, 0.25) is 0 Å². The first-order chi connectivity index (χ1) is 8.99. The van der Waals surface area contributed by atoms with Gasteiger partial charge in [-0.25, -0.2) is 0 Å². The number of methoxy groups -OCH3 is 1. The van der Waals surface area contributed by atoms with E-state index < -0.39 is 16.7 Å². The maximum Gasteiger partial charge on any atom is 0.313 e. The van der Waals surface area contributed by atoms with E-state index in [0.717, 1.165) is 6.07 Å². The number of amides is 2. The highest BCUT2D eigenvalue weighted by Crippen LogP contribution is 2.28. The minimum Gasteiger partial charge on any atom is -0.495 e. The van der Waals surface area contributed by atoms with Crippen LogP contribution in [0.15, 0.2) is 18.2 Å². The van der Waals surface area contributed by atoms with Gasteiger partial charge in [-0.05, 0) is 13.0 Å². The molecule has 2 N–H and O–H groups in total. The Hall–Kier alpha value is -2.64. The predicted molar refractivity (Wildman–Crippen MR) is 67.0 cm³/mol. The van der Waals surface area contributed by atoms with Crippen molar-refractivity contribution < 1.29 is 19.2 Å². The van der Waals surface area contributed by atoms with E-state index in [4.69, 9.17) is 4.74 Å². The Balaban J connectivity index is 2.98. The second-order valence-corrected chi connectivity index (χ2v) is 3.46. The van der Waals surface area contributed by atoms with Gasteiger partial charge in [0.1, 0.15) is 5.75 Å². The molecular formula is C11H13N3O5. The molecule has 0 fully saturated rings. The molecule has 0 aliphatic carbocycles. The number of non-ortho nitro benzene ring substituents is 1. The van der Waals surface area contributed by atoms with E-state index in [0.29, 0.717) is 6.54 Å². The smallest absolute Gasteiger partial charge is 0.313 e. The fourth-order valence-electron chi connectivity index (χ4n) is 1.33. The van der Waals surface area contributed by atoms with Crippen LogP contribution in [0.5, 0.6) is 5.75 Å². The first-order valence-corrected chi connectivity index (χ1v) is 5.41. The summed E-state index contributed by atoms with van der Waals surface area (Å²) in [4.78, 5) is 32.8. The van der Waals surface area contributed by atoms with Crippen molar-refractivity contribution in [1.29, 1.82) is 0 Å². The molecule has 8 heteroatoms. The average molecular weight is 267 g/mol. The van der Waals surface area contributed by atoms with Gasteiger partial charge >= 0.3 is 11.8 Å². The summed E-state index contributed by atoms with van der Waals surface area (Å²) in [6.45, 7) is 1.97. The molecule has 0 unspecified atom stereocenters. The third kappa shape index (κ3) is 3.66. The van der Waals surface area contributed by atoms with Crippen molar-refractivity contribution >= 4 is 23.2 Å². The van der Waals surface area contributed by atoms with Crippen LogP contribution in [0.3, 0.4) is 0 Å². The molecule has 19 heavy (non-hydrogen) atoms. The Morgan fingerprint density at radius 1 is 1.37 bits per heavy atom. The van der Waals surface area contributed by atoms with E-state index in [1.54, 1.807) is 6.92 Å². The van der Waals surface area contributed by atoms with Gasteiger partial charge in [-0.3, -0.25) is 19.7 Å². The van der Waals surface area contributed by atoms with Crippen LogP contribution in [0.1, 0.15) is 6.92 Å². The molecule has 0 saturated heterocycles. The number of hydrogen-bond donors (Lipinski definition) is 2. The monoisotopic (exact) mass is 267 g/mol. The average Bonchev–Trinajstić information content (AvgIpc) is 2.38. The van der Waals surface area contributed by atoms with Gasteiger partial charge in [-0.1, -0.05) is 0 Å². The van der Waals surface area contributed by atoms with Crippen LogP contribution in [0.2, 0.25) is 0 Å². The zero-order valence-electron chi connectivity index (χ0n) is 10.4. The summed E-state index contributed by atoms with van der Waals surface area (Å²) in [5.41, 5.74) is -0.153. The van der Waals surface area contributed by atoms with E-state index in [1.165, 1.54) is 19.2 Å². The zero-order chi connectivity index (χ0) is 14.4. The number of hydrogen-bond acceptors (Lipinski definition) is 5. The number of nitro benzene ring substituents is 1. The first-order valence-electron chi connectivity index (χ1n) is 5.41. The molecule has 0 aromatic heterocycles. The molecule has 1 rings (SSSR count). The highest BCUT2D eigenvalue weighted by molar-refractivity contribution is 6.39. The summed E-state index contributed by atoms with van der Waals surface area (Å²) in [5.74, 6) is -1.51. The highest BCUT2D eigenvalue weighted by Gasteiger charge is 2.17. The van der Waals surface area contributed by atoms with Crippen molar-refractivity contribution in [3.63, 3.8) is 0 Å². The number of carbonyl (C=O) groups excluding carboxylic acids is 2. The molecule has 0 bridgehead atoms. The Morgan fingerprint density at radius 3 is 2.58 bits per heavy atom. The van der Waals surface area contributed by atoms with Crippen molar-refractivity contribution in [3.8, 4) is 5.75 Å². The second-order valence-electron chi connectivity index (χ2n) is 3.46. The Bertz CT molecular complexity index is 515. The molecule has 102 valence electrons. The van der Waals surface area contributed by atoms with Crippen molar-refractivity contribution in [2.24, 2.45) is 0 Å².